The van der Waals surface area contributed by atoms with Gasteiger partial charge in [-0.1, -0.05) is 28.1 Å². The standard InChI is InChI=1S/C13H11BrN/c1-15(12-5-3-2-4-6-12)13-9-7-11(14)8-10-13/h3-10H,1H3. The Hall–Kier alpha value is -1.28. The minimum absolute atomic E-state index is 1.10. The highest BCUT2D eigenvalue weighted by atomic mass is 79.9. The maximum atomic E-state index is 3.43. The fraction of sp³-hybridized carbons (Fsp3) is 0.0769. The van der Waals surface area contributed by atoms with Crippen LogP contribution in [0.25, 0.3) is 0 Å². The van der Waals surface area contributed by atoms with Crippen LogP contribution in [0.15, 0.2) is 53.0 Å². The van der Waals surface area contributed by atoms with E-state index in [0.29, 0.717) is 0 Å². The summed E-state index contributed by atoms with van der Waals surface area (Å²) in [4.78, 5) is 2.14. The summed E-state index contributed by atoms with van der Waals surface area (Å²) in [5.74, 6) is 0. The molecule has 0 spiro atoms. The lowest BCUT2D eigenvalue weighted by Gasteiger charge is -2.19. The van der Waals surface area contributed by atoms with E-state index in [0.717, 1.165) is 10.2 Å². The van der Waals surface area contributed by atoms with Crippen LogP contribution in [0.1, 0.15) is 0 Å². The molecular weight excluding hydrogens is 250 g/mol. The predicted octanol–water partition coefficient (Wildman–Crippen LogP) is 4.02. The molecule has 1 radical (unpaired) electrons. The van der Waals surface area contributed by atoms with Crippen molar-refractivity contribution < 1.29 is 0 Å². The van der Waals surface area contributed by atoms with Crippen molar-refractivity contribution >= 4 is 27.3 Å². The first-order valence-corrected chi connectivity index (χ1v) is 5.52. The Bertz CT molecular complexity index is 422. The number of halogens is 1. The average molecular weight is 261 g/mol. The highest BCUT2D eigenvalue weighted by Crippen LogP contribution is 2.24. The van der Waals surface area contributed by atoms with Crippen molar-refractivity contribution in [2.75, 3.05) is 11.9 Å². The van der Waals surface area contributed by atoms with Gasteiger partial charge in [0.05, 0.1) is 0 Å². The Labute approximate surface area is 98.5 Å². The quantitative estimate of drug-likeness (QED) is 0.789. The van der Waals surface area contributed by atoms with E-state index in [4.69, 9.17) is 0 Å². The molecule has 0 atom stereocenters. The molecular formula is C13H11BrN. The van der Waals surface area contributed by atoms with Crippen molar-refractivity contribution in [3.63, 3.8) is 0 Å². The van der Waals surface area contributed by atoms with Gasteiger partial charge in [-0.05, 0) is 42.5 Å². The van der Waals surface area contributed by atoms with Crippen molar-refractivity contribution in [3.05, 3.63) is 59.1 Å². The zero-order valence-electron chi connectivity index (χ0n) is 8.44. The van der Waals surface area contributed by atoms with Crippen LogP contribution < -0.4 is 4.90 Å². The summed E-state index contributed by atoms with van der Waals surface area (Å²) < 4.78 is 1.10. The maximum absolute atomic E-state index is 3.43. The molecule has 0 amide bonds. The van der Waals surface area contributed by atoms with Crippen LogP contribution in [-0.2, 0) is 0 Å². The molecule has 2 rings (SSSR count). The predicted molar refractivity (Wildman–Crippen MR) is 67.5 cm³/mol. The summed E-state index contributed by atoms with van der Waals surface area (Å²) in [6.07, 6.45) is 0. The first kappa shape index (κ1) is 10.2. The van der Waals surface area contributed by atoms with Gasteiger partial charge < -0.3 is 4.90 Å². The Morgan fingerprint density at radius 2 is 1.47 bits per heavy atom. The number of rotatable bonds is 2. The van der Waals surface area contributed by atoms with E-state index in [1.165, 1.54) is 5.69 Å². The highest BCUT2D eigenvalue weighted by Gasteiger charge is 2.01. The fourth-order valence-corrected chi connectivity index (χ4v) is 1.68. The Morgan fingerprint density at radius 1 is 0.933 bits per heavy atom. The van der Waals surface area contributed by atoms with E-state index >= 15 is 0 Å². The molecule has 0 bridgehead atoms. The molecule has 2 aromatic carbocycles. The fourth-order valence-electron chi connectivity index (χ4n) is 1.42. The zero-order chi connectivity index (χ0) is 10.7. The Balaban J connectivity index is 2.29. The first-order chi connectivity index (χ1) is 7.27. The summed E-state index contributed by atoms with van der Waals surface area (Å²) >= 11 is 3.43. The van der Waals surface area contributed by atoms with Crippen LogP contribution in [0.2, 0.25) is 0 Å². The van der Waals surface area contributed by atoms with E-state index in [-0.39, 0.29) is 0 Å². The van der Waals surface area contributed by atoms with Crippen molar-refractivity contribution in [2.45, 2.75) is 0 Å². The molecule has 0 saturated carbocycles. The number of benzene rings is 2. The molecule has 0 saturated heterocycles. The molecule has 0 aromatic heterocycles. The van der Waals surface area contributed by atoms with E-state index in [1.807, 2.05) is 36.4 Å². The minimum atomic E-state index is 1.10. The van der Waals surface area contributed by atoms with Crippen molar-refractivity contribution in [1.82, 2.24) is 0 Å². The molecule has 0 aliphatic heterocycles. The number of anilines is 2. The van der Waals surface area contributed by atoms with Gasteiger partial charge in [-0.25, -0.2) is 0 Å². The topological polar surface area (TPSA) is 3.24 Å². The molecule has 0 aliphatic rings. The monoisotopic (exact) mass is 260 g/mol. The SMILES string of the molecule is CN(c1cc[c]cc1)c1ccc(Br)cc1. The molecule has 0 N–H and O–H groups in total. The smallest absolute Gasteiger partial charge is 0.0408 e. The molecule has 2 aromatic rings. The molecule has 75 valence electrons. The van der Waals surface area contributed by atoms with E-state index in [1.54, 1.807) is 0 Å². The molecule has 0 unspecified atom stereocenters. The maximum Gasteiger partial charge on any atom is 0.0408 e. The van der Waals surface area contributed by atoms with Gasteiger partial charge in [-0.3, -0.25) is 0 Å². The summed E-state index contributed by atoms with van der Waals surface area (Å²) in [5.41, 5.74) is 2.33. The third-order valence-corrected chi connectivity index (χ3v) is 2.83. The second-order valence-corrected chi connectivity index (χ2v) is 4.21. The first-order valence-electron chi connectivity index (χ1n) is 4.73. The summed E-state index contributed by atoms with van der Waals surface area (Å²) in [5, 5.41) is 0. The summed E-state index contributed by atoms with van der Waals surface area (Å²) in [7, 11) is 2.05. The van der Waals surface area contributed by atoms with Crippen LogP contribution in [0.4, 0.5) is 11.4 Å². The Morgan fingerprint density at radius 3 is 2.07 bits per heavy atom. The van der Waals surface area contributed by atoms with E-state index < -0.39 is 0 Å². The summed E-state index contributed by atoms with van der Waals surface area (Å²) in [6, 6.07) is 19.2. The largest absolute Gasteiger partial charge is 0.345 e. The van der Waals surface area contributed by atoms with Crippen LogP contribution in [-0.4, -0.2) is 7.05 Å². The third kappa shape index (κ3) is 2.39. The molecule has 0 aliphatic carbocycles. The number of hydrogen-bond donors (Lipinski definition) is 0. The second-order valence-electron chi connectivity index (χ2n) is 3.29. The van der Waals surface area contributed by atoms with Gasteiger partial charge in [0.2, 0.25) is 0 Å². The molecule has 0 fully saturated rings. The number of nitrogens with zero attached hydrogens (tertiary/aromatic N) is 1. The third-order valence-electron chi connectivity index (χ3n) is 2.30. The van der Waals surface area contributed by atoms with Gasteiger partial charge in [0, 0.05) is 22.9 Å². The molecule has 1 nitrogen and oxygen atoms in total. The normalized spacial score (nSPS) is 10.0. The highest BCUT2D eigenvalue weighted by molar-refractivity contribution is 9.10. The van der Waals surface area contributed by atoms with E-state index in [9.17, 15) is 0 Å². The van der Waals surface area contributed by atoms with Crippen LogP contribution in [0, 0.1) is 6.07 Å². The van der Waals surface area contributed by atoms with Gasteiger partial charge in [0.1, 0.15) is 0 Å². The average Bonchev–Trinajstić information content (AvgIpc) is 2.30. The van der Waals surface area contributed by atoms with Gasteiger partial charge >= 0.3 is 0 Å². The van der Waals surface area contributed by atoms with Crippen LogP contribution in [0.3, 0.4) is 0 Å². The van der Waals surface area contributed by atoms with Gasteiger partial charge in [-0.15, -0.1) is 0 Å². The van der Waals surface area contributed by atoms with Crippen LogP contribution >= 0.6 is 15.9 Å². The van der Waals surface area contributed by atoms with Crippen molar-refractivity contribution in [2.24, 2.45) is 0 Å². The molecule has 0 heterocycles. The van der Waals surface area contributed by atoms with Gasteiger partial charge in [-0.2, -0.15) is 0 Å². The summed E-state index contributed by atoms with van der Waals surface area (Å²) in [6.45, 7) is 0. The molecule has 2 heteroatoms. The zero-order valence-corrected chi connectivity index (χ0v) is 10.0. The Kier molecular flexibility index (Phi) is 3.07. The number of hydrogen-bond acceptors (Lipinski definition) is 1. The van der Waals surface area contributed by atoms with Gasteiger partial charge in [0.25, 0.3) is 0 Å². The lowest BCUT2D eigenvalue weighted by molar-refractivity contribution is 1.21. The van der Waals surface area contributed by atoms with E-state index in [2.05, 4.69) is 46.1 Å². The lowest BCUT2D eigenvalue weighted by atomic mass is 10.2. The van der Waals surface area contributed by atoms with Crippen molar-refractivity contribution in [3.8, 4) is 0 Å². The van der Waals surface area contributed by atoms with Crippen molar-refractivity contribution in [1.29, 1.82) is 0 Å². The van der Waals surface area contributed by atoms with Crippen LogP contribution in [0.5, 0.6) is 0 Å². The van der Waals surface area contributed by atoms with Gasteiger partial charge in [0.15, 0.2) is 0 Å². The molecule has 15 heavy (non-hydrogen) atoms. The lowest BCUT2D eigenvalue weighted by Crippen LogP contribution is -2.08. The minimum Gasteiger partial charge on any atom is -0.345 e. The second kappa shape index (κ2) is 4.49.